The van der Waals surface area contributed by atoms with Gasteiger partial charge in [0, 0.05) is 18.2 Å². The van der Waals surface area contributed by atoms with Crippen LogP contribution in [0.1, 0.15) is 44.7 Å². The number of nitrogens with one attached hydrogen (secondary N) is 1. The zero-order valence-electron chi connectivity index (χ0n) is 12.7. The van der Waals surface area contributed by atoms with Crippen LogP contribution in [0.5, 0.6) is 0 Å². The van der Waals surface area contributed by atoms with Gasteiger partial charge in [0.15, 0.2) is 0 Å². The third kappa shape index (κ3) is 6.39. The molecule has 3 heteroatoms. The number of amides is 1. The summed E-state index contributed by atoms with van der Waals surface area (Å²) in [4.78, 5) is 11.9. The van der Waals surface area contributed by atoms with E-state index in [9.17, 15) is 4.79 Å². The van der Waals surface area contributed by atoms with Crippen molar-refractivity contribution in [2.45, 2.75) is 53.5 Å². The lowest BCUT2D eigenvalue weighted by Crippen LogP contribution is -2.31. The predicted molar refractivity (Wildman–Crippen MR) is 81.2 cm³/mol. The van der Waals surface area contributed by atoms with Crippen molar-refractivity contribution in [3.8, 4) is 0 Å². The van der Waals surface area contributed by atoms with E-state index in [-0.39, 0.29) is 17.4 Å². The zero-order chi connectivity index (χ0) is 14.6. The lowest BCUT2D eigenvalue weighted by Gasteiger charge is -2.22. The molecule has 0 heterocycles. The van der Waals surface area contributed by atoms with Crippen molar-refractivity contribution in [3.63, 3.8) is 0 Å². The summed E-state index contributed by atoms with van der Waals surface area (Å²) in [5.74, 6) is -0.0123. The van der Waals surface area contributed by atoms with Crippen LogP contribution in [0.4, 0.5) is 5.69 Å². The van der Waals surface area contributed by atoms with E-state index < -0.39 is 0 Å². The van der Waals surface area contributed by atoms with E-state index in [1.54, 1.807) is 0 Å². The monoisotopic (exact) mass is 262 g/mol. The third-order valence-electron chi connectivity index (χ3n) is 2.83. The van der Waals surface area contributed by atoms with E-state index in [2.05, 4.69) is 32.2 Å². The van der Waals surface area contributed by atoms with Crippen molar-refractivity contribution in [1.29, 1.82) is 0 Å². The molecule has 0 saturated carbocycles. The van der Waals surface area contributed by atoms with Gasteiger partial charge in [-0.2, -0.15) is 0 Å². The highest BCUT2D eigenvalue weighted by Crippen LogP contribution is 2.21. The van der Waals surface area contributed by atoms with E-state index in [0.29, 0.717) is 6.42 Å². The molecule has 0 aliphatic heterocycles. The van der Waals surface area contributed by atoms with Crippen LogP contribution in [0.25, 0.3) is 0 Å². The quantitative estimate of drug-likeness (QED) is 0.873. The first-order valence-electron chi connectivity index (χ1n) is 6.79. The highest BCUT2D eigenvalue weighted by Gasteiger charge is 2.18. The Labute approximate surface area is 116 Å². The molecule has 3 nitrogen and oxygen atoms in total. The molecule has 0 spiro atoms. The van der Waals surface area contributed by atoms with Crippen LogP contribution in [0.3, 0.4) is 0 Å². The fourth-order valence-corrected chi connectivity index (χ4v) is 2.36. The van der Waals surface area contributed by atoms with Crippen LogP contribution in [-0.4, -0.2) is 11.9 Å². The fraction of sp³-hybridized carbons (Fsp3) is 0.562. The summed E-state index contributed by atoms with van der Waals surface area (Å²) in [5, 5.41) is 2.92. The van der Waals surface area contributed by atoms with Crippen LogP contribution in [0.15, 0.2) is 18.2 Å². The van der Waals surface area contributed by atoms with E-state index in [1.807, 2.05) is 26.0 Å². The molecule has 106 valence electrons. The second kappa shape index (κ2) is 6.20. The number of benzene rings is 1. The van der Waals surface area contributed by atoms with Crippen molar-refractivity contribution in [2.24, 2.45) is 11.1 Å². The van der Waals surface area contributed by atoms with Crippen LogP contribution in [0, 0.1) is 19.3 Å². The molecule has 1 rings (SSSR count). The Morgan fingerprint density at radius 1 is 1.21 bits per heavy atom. The van der Waals surface area contributed by atoms with Gasteiger partial charge in [-0.15, -0.1) is 0 Å². The molecule has 1 aromatic carbocycles. The van der Waals surface area contributed by atoms with Crippen LogP contribution >= 0.6 is 0 Å². The molecular formula is C16H26N2O. The smallest absolute Gasteiger partial charge is 0.225 e. The molecule has 1 aromatic rings. The number of anilines is 1. The van der Waals surface area contributed by atoms with E-state index >= 15 is 0 Å². The van der Waals surface area contributed by atoms with Crippen LogP contribution in [0.2, 0.25) is 0 Å². The molecule has 0 aromatic heterocycles. The number of hydrogen-bond acceptors (Lipinski definition) is 2. The van der Waals surface area contributed by atoms with Gasteiger partial charge >= 0.3 is 0 Å². The van der Waals surface area contributed by atoms with Gasteiger partial charge in [0.1, 0.15) is 0 Å². The highest BCUT2D eigenvalue weighted by molar-refractivity contribution is 5.91. The van der Waals surface area contributed by atoms with Crippen molar-refractivity contribution in [2.75, 3.05) is 5.32 Å². The van der Waals surface area contributed by atoms with Gasteiger partial charge in [0.2, 0.25) is 5.91 Å². The largest absolute Gasteiger partial charge is 0.327 e. The standard InChI is InChI=1S/C16H26N2O/c1-11-6-12(2)8-14(7-11)18-15(19)9-13(17)10-16(3,4)5/h6-8,13H,9-10,17H2,1-5H3,(H,18,19). The number of hydrogen-bond donors (Lipinski definition) is 2. The Hall–Kier alpha value is -1.35. The number of rotatable bonds is 4. The van der Waals surface area contributed by atoms with Crippen LogP contribution in [-0.2, 0) is 4.79 Å². The fourth-order valence-electron chi connectivity index (χ4n) is 2.36. The Balaban J connectivity index is 2.55. The van der Waals surface area contributed by atoms with Crippen molar-refractivity contribution in [1.82, 2.24) is 0 Å². The minimum absolute atomic E-state index is 0.0123. The third-order valence-corrected chi connectivity index (χ3v) is 2.83. The molecule has 0 aliphatic carbocycles. The molecule has 1 unspecified atom stereocenters. The van der Waals surface area contributed by atoms with Gasteiger partial charge < -0.3 is 11.1 Å². The maximum Gasteiger partial charge on any atom is 0.225 e. The Kier molecular flexibility index (Phi) is 5.12. The van der Waals surface area contributed by atoms with E-state index in [1.165, 1.54) is 0 Å². The molecule has 0 radical (unpaired) electrons. The first-order valence-corrected chi connectivity index (χ1v) is 6.79. The summed E-state index contributed by atoms with van der Waals surface area (Å²) in [6, 6.07) is 5.94. The summed E-state index contributed by atoms with van der Waals surface area (Å²) < 4.78 is 0. The molecule has 0 bridgehead atoms. The number of aryl methyl sites for hydroxylation is 2. The number of nitrogens with two attached hydrogens (primary N) is 1. The summed E-state index contributed by atoms with van der Waals surface area (Å²) >= 11 is 0. The van der Waals surface area contributed by atoms with E-state index in [4.69, 9.17) is 5.73 Å². The lowest BCUT2D eigenvalue weighted by atomic mass is 9.87. The average Bonchev–Trinajstić information content (AvgIpc) is 2.10. The molecule has 0 saturated heterocycles. The molecule has 19 heavy (non-hydrogen) atoms. The summed E-state index contributed by atoms with van der Waals surface area (Å²) in [6.07, 6.45) is 1.21. The van der Waals surface area contributed by atoms with Gasteiger partial charge in [-0.05, 0) is 48.9 Å². The zero-order valence-corrected chi connectivity index (χ0v) is 12.7. The van der Waals surface area contributed by atoms with Gasteiger partial charge in [-0.1, -0.05) is 26.8 Å². The number of carbonyl (C=O) groups is 1. The van der Waals surface area contributed by atoms with Crippen molar-refractivity contribution in [3.05, 3.63) is 29.3 Å². The predicted octanol–water partition coefficient (Wildman–Crippen LogP) is 3.40. The van der Waals surface area contributed by atoms with Gasteiger partial charge in [-0.3, -0.25) is 4.79 Å². The average molecular weight is 262 g/mol. The molecule has 1 amide bonds. The number of carbonyl (C=O) groups excluding carboxylic acids is 1. The summed E-state index contributed by atoms with van der Waals surface area (Å²) in [7, 11) is 0. The summed E-state index contributed by atoms with van der Waals surface area (Å²) in [6.45, 7) is 10.4. The SMILES string of the molecule is Cc1cc(C)cc(NC(=O)CC(N)CC(C)(C)C)c1. The van der Waals surface area contributed by atoms with Gasteiger partial charge in [-0.25, -0.2) is 0 Å². The molecule has 0 aliphatic rings. The van der Waals surface area contributed by atoms with Crippen molar-refractivity contribution >= 4 is 11.6 Å². The second-order valence-electron chi connectivity index (χ2n) is 6.65. The highest BCUT2D eigenvalue weighted by atomic mass is 16.1. The normalized spacial score (nSPS) is 13.2. The first kappa shape index (κ1) is 15.7. The summed E-state index contributed by atoms with van der Waals surface area (Å²) in [5.41, 5.74) is 9.31. The molecule has 1 atom stereocenters. The molecule has 3 N–H and O–H groups in total. The Morgan fingerprint density at radius 3 is 2.21 bits per heavy atom. The molecule has 0 fully saturated rings. The maximum atomic E-state index is 11.9. The minimum Gasteiger partial charge on any atom is -0.327 e. The second-order valence-corrected chi connectivity index (χ2v) is 6.65. The van der Waals surface area contributed by atoms with Crippen molar-refractivity contribution < 1.29 is 4.79 Å². The molecular weight excluding hydrogens is 236 g/mol. The first-order chi connectivity index (χ1) is 8.65. The minimum atomic E-state index is -0.0918. The van der Waals surface area contributed by atoms with E-state index in [0.717, 1.165) is 23.2 Å². The van der Waals surface area contributed by atoms with Gasteiger partial charge in [0.05, 0.1) is 0 Å². The Morgan fingerprint density at radius 2 is 1.74 bits per heavy atom. The maximum absolute atomic E-state index is 11.9. The Bertz CT molecular complexity index is 426. The van der Waals surface area contributed by atoms with Crippen LogP contribution < -0.4 is 11.1 Å². The lowest BCUT2D eigenvalue weighted by molar-refractivity contribution is -0.116. The topological polar surface area (TPSA) is 55.1 Å². The van der Waals surface area contributed by atoms with Gasteiger partial charge in [0.25, 0.3) is 0 Å².